The number of carbonyl (C=O) groups is 2. The van der Waals surface area contributed by atoms with E-state index in [1.807, 2.05) is 18.2 Å². The first-order chi connectivity index (χ1) is 14.5. The second-order valence-corrected chi connectivity index (χ2v) is 9.44. The second-order valence-electron chi connectivity index (χ2n) is 9.44. The van der Waals surface area contributed by atoms with Gasteiger partial charge in [-0.05, 0) is 74.8 Å². The fourth-order valence-corrected chi connectivity index (χ4v) is 6.41. The number of ether oxygens (including phenoxy) is 1. The van der Waals surface area contributed by atoms with Crippen molar-refractivity contribution in [2.45, 2.75) is 51.5 Å². The molecule has 6 rings (SSSR count). The molecule has 7 heteroatoms. The first-order valence-corrected chi connectivity index (χ1v) is 11.0. The molecule has 4 aliphatic carbocycles. The van der Waals surface area contributed by atoms with Gasteiger partial charge < -0.3 is 14.5 Å². The summed E-state index contributed by atoms with van der Waals surface area (Å²) in [5, 5.41) is 2.84. The normalized spacial score (nSPS) is 29.3. The van der Waals surface area contributed by atoms with Crippen molar-refractivity contribution in [1.82, 2.24) is 9.88 Å². The van der Waals surface area contributed by atoms with Crippen LogP contribution in [0.4, 0.5) is 0 Å². The van der Waals surface area contributed by atoms with Gasteiger partial charge in [-0.1, -0.05) is 12.1 Å². The van der Waals surface area contributed by atoms with Crippen molar-refractivity contribution in [3.8, 4) is 0 Å². The summed E-state index contributed by atoms with van der Waals surface area (Å²) in [6.45, 7) is 0.510. The number of nitrogens with one attached hydrogen (secondary N) is 1. The molecule has 2 aromatic rings. The first-order valence-electron chi connectivity index (χ1n) is 11.0. The minimum Gasteiger partial charge on any atom is -0.464 e. The molecule has 0 radical (unpaired) electrons. The molecular formula is C23H28N2O5. The van der Waals surface area contributed by atoms with E-state index in [-0.39, 0.29) is 24.5 Å². The monoisotopic (exact) mass is 412 g/mol. The largest absolute Gasteiger partial charge is 0.464 e. The number of rotatable bonds is 7. The summed E-state index contributed by atoms with van der Waals surface area (Å²) < 4.78 is 12.0. The van der Waals surface area contributed by atoms with Crippen molar-refractivity contribution in [2.75, 3.05) is 13.2 Å². The maximum absolute atomic E-state index is 12.9. The summed E-state index contributed by atoms with van der Waals surface area (Å²) in [4.78, 5) is 36.9. The lowest BCUT2D eigenvalue weighted by molar-refractivity contribution is -0.151. The van der Waals surface area contributed by atoms with E-state index in [0.717, 1.165) is 24.8 Å². The summed E-state index contributed by atoms with van der Waals surface area (Å²) in [5.41, 5.74) is 1.03. The van der Waals surface area contributed by atoms with E-state index in [0.29, 0.717) is 36.3 Å². The van der Waals surface area contributed by atoms with E-state index in [1.165, 1.54) is 23.8 Å². The zero-order chi connectivity index (χ0) is 20.7. The predicted molar refractivity (Wildman–Crippen MR) is 110 cm³/mol. The Morgan fingerprint density at radius 1 is 1.10 bits per heavy atom. The van der Waals surface area contributed by atoms with Crippen LogP contribution >= 0.6 is 0 Å². The quantitative estimate of drug-likeness (QED) is 0.558. The van der Waals surface area contributed by atoms with Crippen LogP contribution in [-0.4, -0.2) is 29.6 Å². The molecule has 4 fully saturated rings. The summed E-state index contributed by atoms with van der Waals surface area (Å²) in [5.74, 6) is 1.27. The number of oxazole rings is 1. The minimum absolute atomic E-state index is 0.0370. The third-order valence-corrected chi connectivity index (χ3v) is 7.28. The maximum atomic E-state index is 12.9. The van der Waals surface area contributed by atoms with Crippen LogP contribution in [0.25, 0.3) is 11.1 Å². The van der Waals surface area contributed by atoms with Crippen LogP contribution in [0.2, 0.25) is 0 Å². The maximum Gasteiger partial charge on any atom is 0.419 e. The molecule has 1 aromatic carbocycles. The van der Waals surface area contributed by atoms with E-state index in [1.54, 1.807) is 6.07 Å². The van der Waals surface area contributed by atoms with E-state index in [4.69, 9.17) is 9.15 Å². The topological polar surface area (TPSA) is 90.5 Å². The molecule has 160 valence electrons. The Kier molecular flexibility index (Phi) is 4.91. The van der Waals surface area contributed by atoms with Crippen molar-refractivity contribution in [3.05, 3.63) is 34.8 Å². The molecule has 1 amide bonds. The summed E-state index contributed by atoms with van der Waals surface area (Å²) in [7, 11) is 0. The molecule has 0 spiro atoms. The first kappa shape index (κ1) is 19.4. The number of para-hydroxylation sites is 2. The Morgan fingerprint density at radius 2 is 1.77 bits per heavy atom. The van der Waals surface area contributed by atoms with Crippen LogP contribution < -0.4 is 11.1 Å². The van der Waals surface area contributed by atoms with Crippen LogP contribution in [0, 0.1) is 23.2 Å². The Bertz CT molecular complexity index is 985. The van der Waals surface area contributed by atoms with Crippen LogP contribution in [0.3, 0.4) is 0 Å². The van der Waals surface area contributed by atoms with Gasteiger partial charge in [0.2, 0.25) is 5.91 Å². The van der Waals surface area contributed by atoms with Gasteiger partial charge in [-0.2, -0.15) is 0 Å². The lowest BCUT2D eigenvalue weighted by Gasteiger charge is -2.55. The van der Waals surface area contributed by atoms with E-state index < -0.39 is 11.7 Å². The lowest BCUT2D eigenvalue weighted by atomic mass is 9.49. The molecule has 1 heterocycles. The van der Waals surface area contributed by atoms with Crippen molar-refractivity contribution >= 4 is 23.0 Å². The number of benzene rings is 1. The predicted octanol–water partition coefficient (Wildman–Crippen LogP) is 2.86. The molecule has 0 atom stereocenters. The van der Waals surface area contributed by atoms with Gasteiger partial charge in [-0.3, -0.25) is 14.2 Å². The molecule has 4 aliphatic rings. The standard InChI is InChI=1S/C23H28N2O5/c26-20(29-7-3-6-25-18-4-1-2-5-19(18)30-22(25)28)14-24-21(27)23-11-15-8-16(12-23)10-17(9-15)13-23/h1-2,4-5,15-17H,3,6-14H2,(H,24,27). The summed E-state index contributed by atoms with van der Waals surface area (Å²) in [6.07, 6.45) is 7.28. The molecular weight excluding hydrogens is 384 g/mol. The number of carbonyl (C=O) groups excluding carboxylic acids is 2. The van der Waals surface area contributed by atoms with Gasteiger partial charge in [0.15, 0.2) is 5.58 Å². The van der Waals surface area contributed by atoms with Gasteiger partial charge in [-0.15, -0.1) is 0 Å². The molecule has 0 unspecified atom stereocenters. The number of aryl methyl sites for hydroxylation is 1. The molecule has 4 saturated carbocycles. The summed E-state index contributed by atoms with van der Waals surface area (Å²) >= 11 is 0. The lowest BCUT2D eigenvalue weighted by Crippen LogP contribution is -2.54. The Morgan fingerprint density at radius 3 is 2.47 bits per heavy atom. The molecule has 7 nitrogen and oxygen atoms in total. The van der Waals surface area contributed by atoms with E-state index >= 15 is 0 Å². The van der Waals surface area contributed by atoms with Crippen molar-refractivity contribution in [3.63, 3.8) is 0 Å². The Hall–Kier alpha value is -2.57. The Labute approximate surface area is 174 Å². The molecule has 1 aromatic heterocycles. The number of aromatic nitrogens is 1. The average molecular weight is 412 g/mol. The molecule has 30 heavy (non-hydrogen) atoms. The van der Waals surface area contributed by atoms with Crippen LogP contribution in [0.1, 0.15) is 44.9 Å². The van der Waals surface area contributed by atoms with Gasteiger partial charge in [0.25, 0.3) is 0 Å². The van der Waals surface area contributed by atoms with Crippen molar-refractivity contribution in [1.29, 1.82) is 0 Å². The number of amides is 1. The molecule has 4 bridgehead atoms. The van der Waals surface area contributed by atoms with Gasteiger partial charge in [0.05, 0.1) is 12.1 Å². The number of esters is 1. The van der Waals surface area contributed by atoms with Crippen LogP contribution in [-0.2, 0) is 20.9 Å². The number of hydrogen-bond acceptors (Lipinski definition) is 5. The highest BCUT2D eigenvalue weighted by atomic mass is 16.5. The van der Waals surface area contributed by atoms with Crippen LogP contribution in [0.5, 0.6) is 0 Å². The highest BCUT2D eigenvalue weighted by molar-refractivity contribution is 5.86. The molecule has 0 saturated heterocycles. The van der Waals surface area contributed by atoms with Gasteiger partial charge in [-0.25, -0.2) is 4.79 Å². The zero-order valence-electron chi connectivity index (χ0n) is 17.1. The zero-order valence-corrected chi connectivity index (χ0v) is 17.1. The minimum atomic E-state index is -0.433. The molecule has 0 aliphatic heterocycles. The third-order valence-electron chi connectivity index (χ3n) is 7.28. The number of hydrogen-bond donors (Lipinski definition) is 1. The van der Waals surface area contributed by atoms with Gasteiger partial charge >= 0.3 is 11.7 Å². The average Bonchev–Trinajstić information content (AvgIpc) is 3.03. The van der Waals surface area contributed by atoms with E-state index in [2.05, 4.69) is 5.32 Å². The number of fused-ring (bicyclic) bond motifs is 1. The molecule has 1 N–H and O–H groups in total. The highest BCUT2D eigenvalue weighted by Crippen LogP contribution is 2.60. The van der Waals surface area contributed by atoms with Gasteiger partial charge in [0.1, 0.15) is 6.54 Å². The fourth-order valence-electron chi connectivity index (χ4n) is 6.41. The van der Waals surface area contributed by atoms with E-state index in [9.17, 15) is 14.4 Å². The third kappa shape index (κ3) is 3.55. The smallest absolute Gasteiger partial charge is 0.419 e. The summed E-state index contributed by atoms with van der Waals surface area (Å²) in [6, 6.07) is 7.24. The Balaban J connectivity index is 1.08. The second kappa shape index (κ2) is 7.60. The fraction of sp³-hybridized carbons (Fsp3) is 0.609. The van der Waals surface area contributed by atoms with Crippen LogP contribution in [0.15, 0.2) is 33.5 Å². The highest BCUT2D eigenvalue weighted by Gasteiger charge is 2.54. The SMILES string of the molecule is O=C(CNC(=O)C12CC3CC(CC(C3)C1)C2)OCCCn1c(=O)oc2ccccc21. The van der Waals surface area contributed by atoms with Crippen molar-refractivity contribution < 1.29 is 18.7 Å². The van der Waals surface area contributed by atoms with Crippen molar-refractivity contribution in [2.24, 2.45) is 23.2 Å². The van der Waals surface area contributed by atoms with Gasteiger partial charge in [0, 0.05) is 12.0 Å². The number of nitrogens with zero attached hydrogens (tertiary/aromatic N) is 1.